The highest BCUT2D eigenvalue weighted by Gasteiger charge is 2.30. The maximum absolute atomic E-state index is 11.6. The number of methoxy groups -OCH3 is 1. The van der Waals surface area contributed by atoms with Crippen molar-refractivity contribution >= 4 is 5.97 Å². The molecule has 0 amide bonds. The molecule has 0 aromatic rings. The summed E-state index contributed by atoms with van der Waals surface area (Å²) in [7, 11) is 1.51. The van der Waals surface area contributed by atoms with Gasteiger partial charge in [-0.1, -0.05) is 25.7 Å². The summed E-state index contributed by atoms with van der Waals surface area (Å²) >= 11 is 0. The molecule has 1 heterocycles. The largest absolute Gasteiger partial charge is 0.469 e. The van der Waals surface area contributed by atoms with Crippen molar-refractivity contribution in [2.75, 3.05) is 20.2 Å². The lowest BCUT2D eigenvalue weighted by Crippen LogP contribution is -2.44. The molecule has 0 radical (unpaired) electrons. The van der Waals surface area contributed by atoms with Crippen LogP contribution in [-0.4, -0.2) is 37.1 Å². The van der Waals surface area contributed by atoms with E-state index in [4.69, 9.17) is 4.74 Å². The van der Waals surface area contributed by atoms with Gasteiger partial charge in [0.1, 0.15) is 0 Å². The molecule has 0 N–H and O–H groups in total. The molecule has 98 valence electrons. The van der Waals surface area contributed by atoms with Gasteiger partial charge in [0.2, 0.25) is 0 Å². The summed E-state index contributed by atoms with van der Waals surface area (Å²) in [4.78, 5) is 14.2. The van der Waals surface area contributed by atoms with Gasteiger partial charge >= 0.3 is 5.97 Å². The SMILES string of the molecule is COC(=O)[C@H]1CCCN(C2CCCCCC2)C1. The third kappa shape index (κ3) is 3.44. The molecule has 1 saturated carbocycles. The van der Waals surface area contributed by atoms with Gasteiger partial charge in [0, 0.05) is 12.6 Å². The summed E-state index contributed by atoms with van der Waals surface area (Å²) in [5.74, 6) is 0.111. The molecular weight excluding hydrogens is 214 g/mol. The maximum Gasteiger partial charge on any atom is 0.309 e. The number of rotatable bonds is 2. The van der Waals surface area contributed by atoms with E-state index in [9.17, 15) is 4.79 Å². The van der Waals surface area contributed by atoms with Crippen LogP contribution in [0.4, 0.5) is 0 Å². The standard InChI is InChI=1S/C14H25NO2/c1-17-14(16)12-7-6-10-15(11-12)13-8-4-2-3-5-9-13/h12-13H,2-11H2,1H3/t12-/m0/s1. The van der Waals surface area contributed by atoms with Crippen LogP contribution >= 0.6 is 0 Å². The first-order valence-electron chi connectivity index (χ1n) is 7.13. The van der Waals surface area contributed by atoms with Gasteiger partial charge in [0.05, 0.1) is 13.0 Å². The molecule has 17 heavy (non-hydrogen) atoms. The normalized spacial score (nSPS) is 28.6. The Kier molecular flexibility index (Phi) is 4.84. The van der Waals surface area contributed by atoms with Crippen molar-refractivity contribution in [3.8, 4) is 0 Å². The Morgan fingerprint density at radius 1 is 1.06 bits per heavy atom. The van der Waals surface area contributed by atoms with Gasteiger partial charge in [0.25, 0.3) is 0 Å². The predicted molar refractivity (Wildman–Crippen MR) is 67.8 cm³/mol. The number of carbonyl (C=O) groups is 1. The fraction of sp³-hybridized carbons (Fsp3) is 0.929. The Hall–Kier alpha value is -0.570. The molecule has 0 aromatic heterocycles. The van der Waals surface area contributed by atoms with E-state index in [1.165, 1.54) is 52.2 Å². The molecule has 0 spiro atoms. The molecule has 1 aliphatic carbocycles. The van der Waals surface area contributed by atoms with Crippen LogP contribution in [-0.2, 0) is 9.53 Å². The predicted octanol–water partition coefficient (Wildman–Crippen LogP) is 2.59. The number of esters is 1. The summed E-state index contributed by atoms with van der Waals surface area (Å²) in [5, 5.41) is 0. The van der Waals surface area contributed by atoms with Crippen molar-refractivity contribution in [3.63, 3.8) is 0 Å². The lowest BCUT2D eigenvalue weighted by molar-refractivity contribution is -0.147. The molecule has 0 bridgehead atoms. The van der Waals surface area contributed by atoms with Crippen molar-refractivity contribution in [2.24, 2.45) is 5.92 Å². The molecular formula is C14H25NO2. The number of ether oxygens (including phenoxy) is 1. The summed E-state index contributed by atoms with van der Waals surface area (Å²) in [6, 6.07) is 0.727. The first kappa shape index (κ1) is 12.9. The maximum atomic E-state index is 11.6. The van der Waals surface area contributed by atoms with Gasteiger partial charge in [-0.25, -0.2) is 0 Å². The zero-order chi connectivity index (χ0) is 12.1. The van der Waals surface area contributed by atoms with Crippen LogP contribution in [0.3, 0.4) is 0 Å². The van der Waals surface area contributed by atoms with Crippen molar-refractivity contribution < 1.29 is 9.53 Å². The van der Waals surface area contributed by atoms with E-state index in [0.717, 1.165) is 25.4 Å². The van der Waals surface area contributed by atoms with E-state index in [-0.39, 0.29) is 11.9 Å². The van der Waals surface area contributed by atoms with E-state index >= 15 is 0 Å². The lowest BCUT2D eigenvalue weighted by atomic mass is 9.95. The highest BCUT2D eigenvalue weighted by atomic mass is 16.5. The molecule has 1 saturated heterocycles. The van der Waals surface area contributed by atoms with Crippen LogP contribution < -0.4 is 0 Å². The second-order valence-corrected chi connectivity index (χ2v) is 5.50. The molecule has 2 rings (SSSR count). The minimum Gasteiger partial charge on any atom is -0.469 e. The van der Waals surface area contributed by atoms with Gasteiger partial charge in [-0.3, -0.25) is 9.69 Å². The Bertz CT molecular complexity index is 247. The molecule has 2 fully saturated rings. The fourth-order valence-electron chi connectivity index (χ4n) is 3.32. The van der Waals surface area contributed by atoms with Crippen molar-refractivity contribution in [1.82, 2.24) is 4.90 Å². The summed E-state index contributed by atoms with van der Waals surface area (Å²) in [6.45, 7) is 2.11. The molecule has 1 aliphatic heterocycles. The molecule has 0 aromatic carbocycles. The highest BCUT2D eigenvalue weighted by molar-refractivity contribution is 5.72. The molecule has 3 heteroatoms. The third-order valence-electron chi connectivity index (χ3n) is 4.33. The Morgan fingerprint density at radius 2 is 1.76 bits per heavy atom. The van der Waals surface area contributed by atoms with E-state index in [1.807, 2.05) is 0 Å². The van der Waals surface area contributed by atoms with Crippen LogP contribution in [0.25, 0.3) is 0 Å². The molecule has 2 aliphatic rings. The monoisotopic (exact) mass is 239 g/mol. The minimum absolute atomic E-state index is 0.0108. The van der Waals surface area contributed by atoms with E-state index < -0.39 is 0 Å². The number of hydrogen-bond donors (Lipinski definition) is 0. The van der Waals surface area contributed by atoms with Crippen LogP contribution in [0, 0.1) is 5.92 Å². The number of piperidine rings is 1. The summed E-state index contributed by atoms with van der Waals surface area (Å²) < 4.78 is 4.88. The second-order valence-electron chi connectivity index (χ2n) is 5.50. The zero-order valence-electron chi connectivity index (χ0n) is 11.0. The summed E-state index contributed by atoms with van der Waals surface area (Å²) in [5.41, 5.74) is 0. The van der Waals surface area contributed by atoms with Crippen molar-refractivity contribution in [2.45, 2.75) is 57.4 Å². The zero-order valence-corrected chi connectivity index (χ0v) is 11.0. The van der Waals surface area contributed by atoms with Crippen molar-refractivity contribution in [1.29, 1.82) is 0 Å². The van der Waals surface area contributed by atoms with Gasteiger partial charge in [-0.05, 0) is 32.2 Å². The topological polar surface area (TPSA) is 29.5 Å². The molecule has 3 nitrogen and oxygen atoms in total. The first-order chi connectivity index (χ1) is 8.31. The van der Waals surface area contributed by atoms with E-state index in [1.54, 1.807) is 0 Å². The van der Waals surface area contributed by atoms with E-state index in [0.29, 0.717) is 0 Å². The quantitative estimate of drug-likeness (QED) is 0.548. The number of hydrogen-bond acceptors (Lipinski definition) is 3. The van der Waals surface area contributed by atoms with Crippen molar-refractivity contribution in [3.05, 3.63) is 0 Å². The first-order valence-corrected chi connectivity index (χ1v) is 7.13. The third-order valence-corrected chi connectivity index (χ3v) is 4.33. The molecule has 0 unspecified atom stereocenters. The number of carbonyl (C=O) groups excluding carboxylic acids is 1. The van der Waals surface area contributed by atoms with Gasteiger partial charge < -0.3 is 4.74 Å². The highest BCUT2D eigenvalue weighted by Crippen LogP contribution is 2.26. The van der Waals surface area contributed by atoms with Gasteiger partial charge in [-0.2, -0.15) is 0 Å². The number of likely N-dealkylation sites (tertiary alicyclic amines) is 1. The van der Waals surface area contributed by atoms with Gasteiger partial charge in [0.15, 0.2) is 0 Å². The van der Waals surface area contributed by atoms with Crippen LogP contribution in [0.5, 0.6) is 0 Å². The van der Waals surface area contributed by atoms with Crippen LogP contribution in [0.1, 0.15) is 51.4 Å². The number of nitrogens with zero attached hydrogens (tertiary/aromatic N) is 1. The van der Waals surface area contributed by atoms with Gasteiger partial charge in [-0.15, -0.1) is 0 Å². The fourth-order valence-corrected chi connectivity index (χ4v) is 3.32. The Balaban J connectivity index is 1.89. The summed E-state index contributed by atoms with van der Waals surface area (Å²) in [6.07, 6.45) is 10.3. The Morgan fingerprint density at radius 3 is 2.41 bits per heavy atom. The molecule has 1 atom stereocenters. The van der Waals surface area contributed by atoms with Crippen LogP contribution in [0.2, 0.25) is 0 Å². The minimum atomic E-state index is -0.0108. The Labute approximate surface area is 105 Å². The lowest BCUT2D eigenvalue weighted by Gasteiger charge is -2.37. The average molecular weight is 239 g/mol. The average Bonchev–Trinajstić information content (AvgIpc) is 2.67. The van der Waals surface area contributed by atoms with Crippen LogP contribution in [0.15, 0.2) is 0 Å². The second kappa shape index (κ2) is 6.39. The van der Waals surface area contributed by atoms with E-state index in [2.05, 4.69) is 4.90 Å². The smallest absolute Gasteiger partial charge is 0.309 e.